The Hall–Kier alpha value is -1.54. The van der Waals surface area contributed by atoms with Gasteiger partial charge in [-0.15, -0.1) is 11.3 Å². The van der Waals surface area contributed by atoms with Crippen LogP contribution in [0.1, 0.15) is 11.3 Å². The van der Waals surface area contributed by atoms with Gasteiger partial charge in [-0.1, -0.05) is 12.1 Å². The van der Waals surface area contributed by atoms with Crippen LogP contribution in [0.15, 0.2) is 62.9 Å². The maximum Gasteiger partial charge on any atom is 0.253 e. The number of pyridine rings is 1. The van der Waals surface area contributed by atoms with Crippen LogP contribution in [0.25, 0.3) is 0 Å². The highest BCUT2D eigenvalue weighted by Crippen LogP contribution is 2.24. The number of aromatic nitrogens is 1. The van der Waals surface area contributed by atoms with Gasteiger partial charge >= 0.3 is 0 Å². The minimum Gasteiger partial charge on any atom is -0.260 e. The molecule has 0 saturated carbocycles. The molecule has 0 saturated heterocycles. The van der Waals surface area contributed by atoms with Crippen LogP contribution in [0.4, 0.5) is 0 Å². The zero-order valence-electron chi connectivity index (χ0n) is 11.6. The van der Waals surface area contributed by atoms with E-state index < -0.39 is 10.0 Å². The molecule has 0 amide bonds. The van der Waals surface area contributed by atoms with Crippen LogP contribution in [-0.2, 0) is 23.1 Å². The smallest absolute Gasteiger partial charge is 0.253 e. The minimum absolute atomic E-state index is 0.261. The van der Waals surface area contributed by atoms with Crippen molar-refractivity contribution in [2.75, 3.05) is 0 Å². The number of hydrogen-bond acceptors (Lipinski definition) is 5. The first-order valence-corrected chi connectivity index (χ1v) is 9.87. The van der Waals surface area contributed by atoms with Gasteiger partial charge in [0, 0.05) is 12.7 Å². The molecule has 0 atom stereocenters. The van der Waals surface area contributed by atoms with Gasteiger partial charge in [0.25, 0.3) is 10.0 Å². The van der Waals surface area contributed by atoms with Crippen LogP contribution in [0.3, 0.4) is 0 Å². The Morgan fingerprint density at radius 3 is 2.59 bits per heavy atom. The lowest BCUT2D eigenvalue weighted by Gasteiger charge is -2.20. The summed E-state index contributed by atoms with van der Waals surface area (Å²) in [5, 5.41) is 5.69. The number of nitrogens with zero attached hydrogens (tertiary/aromatic N) is 2. The zero-order chi connectivity index (χ0) is 15.4. The molecule has 0 unspecified atom stereocenters. The average molecular weight is 350 g/mol. The molecule has 4 nitrogen and oxygen atoms in total. The minimum atomic E-state index is -3.52. The summed E-state index contributed by atoms with van der Waals surface area (Å²) >= 11 is 2.80. The van der Waals surface area contributed by atoms with E-state index in [1.54, 1.807) is 35.0 Å². The van der Waals surface area contributed by atoms with Gasteiger partial charge in [0.05, 0.1) is 12.2 Å². The molecule has 0 aliphatic carbocycles. The molecule has 22 heavy (non-hydrogen) atoms. The van der Waals surface area contributed by atoms with E-state index in [4.69, 9.17) is 0 Å². The van der Waals surface area contributed by atoms with Gasteiger partial charge in [0.1, 0.15) is 4.21 Å². The van der Waals surface area contributed by atoms with Crippen molar-refractivity contribution in [1.82, 2.24) is 9.29 Å². The molecule has 3 heterocycles. The Labute approximate surface area is 137 Å². The number of rotatable bonds is 6. The molecule has 114 valence electrons. The molecule has 7 heteroatoms. The van der Waals surface area contributed by atoms with E-state index in [1.807, 2.05) is 35.0 Å². The van der Waals surface area contributed by atoms with E-state index in [0.717, 1.165) is 11.3 Å². The Morgan fingerprint density at radius 2 is 1.95 bits per heavy atom. The van der Waals surface area contributed by atoms with Gasteiger partial charge in [-0.2, -0.15) is 15.6 Å². The van der Waals surface area contributed by atoms with Gasteiger partial charge < -0.3 is 0 Å². The summed E-state index contributed by atoms with van der Waals surface area (Å²) < 4.78 is 27.5. The summed E-state index contributed by atoms with van der Waals surface area (Å²) in [7, 11) is -3.52. The topological polar surface area (TPSA) is 50.3 Å². The van der Waals surface area contributed by atoms with Crippen LogP contribution in [0.2, 0.25) is 0 Å². The van der Waals surface area contributed by atoms with Crippen molar-refractivity contribution in [2.24, 2.45) is 0 Å². The number of hydrogen-bond donors (Lipinski definition) is 0. The molecule has 0 radical (unpaired) electrons. The fraction of sp³-hybridized carbons (Fsp3) is 0.133. The van der Waals surface area contributed by atoms with Crippen LogP contribution in [0.5, 0.6) is 0 Å². The number of thiophene rings is 2. The first-order valence-electron chi connectivity index (χ1n) is 6.61. The van der Waals surface area contributed by atoms with Crippen LogP contribution >= 0.6 is 22.7 Å². The van der Waals surface area contributed by atoms with Crippen molar-refractivity contribution in [3.63, 3.8) is 0 Å². The number of sulfonamides is 1. The first kappa shape index (κ1) is 15.4. The van der Waals surface area contributed by atoms with E-state index in [9.17, 15) is 8.42 Å². The normalized spacial score (nSPS) is 11.9. The van der Waals surface area contributed by atoms with Crippen LogP contribution < -0.4 is 0 Å². The van der Waals surface area contributed by atoms with Crippen LogP contribution in [0, 0.1) is 0 Å². The van der Waals surface area contributed by atoms with Crippen molar-refractivity contribution in [3.05, 3.63) is 70.0 Å². The summed E-state index contributed by atoms with van der Waals surface area (Å²) in [4.78, 5) is 4.24. The van der Waals surface area contributed by atoms with Crippen molar-refractivity contribution in [1.29, 1.82) is 0 Å². The highest BCUT2D eigenvalue weighted by molar-refractivity contribution is 7.91. The van der Waals surface area contributed by atoms with Gasteiger partial charge in [0.2, 0.25) is 0 Å². The van der Waals surface area contributed by atoms with Crippen LogP contribution in [-0.4, -0.2) is 17.7 Å². The molecule has 3 aromatic rings. The largest absolute Gasteiger partial charge is 0.260 e. The predicted molar refractivity (Wildman–Crippen MR) is 89.3 cm³/mol. The van der Waals surface area contributed by atoms with E-state index in [0.29, 0.717) is 10.8 Å². The summed E-state index contributed by atoms with van der Waals surface area (Å²) in [6.07, 6.45) is 1.68. The van der Waals surface area contributed by atoms with Crippen molar-refractivity contribution in [2.45, 2.75) is 17.3 Å². The van der Waals surface area contributed by atoms with E-state index >= 15 is 0 Å². The molecule has 0 N–H and O–H groups in total. The molecule has 0 aromatic carbocycles. The molecule has 3 rings (SSSR count). The summed E-state index contributed by atoms with van der Waals surface area (Å²) in [6, 6.07) is 10.9. The Kier molecular flexibility index (Phi) is 4.68. The molecule has 0 fully saturated rings. The standard InChI is InChI=1S/C15H14N2O2S3/c18-22(19,15-5-3-8-21-15)17(10-13-6-9-20-12-13)11-14-4-1-2-7-16-14/h1-9,12H,10-11H2. The lowest BCUT2D eigenvalue weighted by Crippen LogP contribution is -2.30. The van der Waals surface area contributed by atoms with E-state index in [2.05, 4.69) is 4.98 Å². The Morgan fingerprint density at radius 1 is 1.05 bits per heavy atom. The third-order valence-electron chi connectivity index (χ3n) is 3.09. The monoisotopic (exact) mass is 350 g/mol. The highest BCUT2D eigenvalue weighted by Gasteiger charge is 2.26. The fourth-order valence-corrected chi connectivity index (χ4v) is 5.23. The average Bonchev–Trinajstić information content (AvgIpc) is 3.21. The van der Waals surface area contributed by atoms with Gasteiger partial charge in [0.15, 0.2) is 0 Å². The maximum absolute atomic E-state index is 12.8. The second kappa shape index (κ2) is 6.70. The molecular formula is C15H14N2O2S3. The van der Waals surface area contributed by atoms with E-state index in [1.165, 1.54) is 15.6 Å². The maximum atomic E-state index is 12.8. The molecule has 0 aliphatic heterocycles. The van der Waals surface area contributed by atoms with Gasteiger partial charge in [-0.25, -0.2) is 8.42 Å². The molecule has 0 spiro atoms. The Bertz CT molecular complexity index is 798. The third-order valence-corrected chi connectivity index (χ3v) is 6.99. The summed E-state index contributed by atoms with van der Waals surface area (Å²) in [6.45, 7) is 0.608. The second-order valence-electron chi connectivity index (χ2n) is 4.66. The van der Waals surface area contributed by atoms with Crippen molar-refractivity contribution < 1.29 is 8.42 Å². The molecule has 0 aliphatic rings. The molecule has 3 aromatic heterocycles. The summed E-state index contributed by atoms with van der Waals surface area (Å²) in [5.41, 5.74) is 1.72. The second-order valence-corrected chi connectivity index (χ2v) is 8.55. The van der Waals surface area contributed by atoms with E-state index in [-0.39, 0.29) is 6.54 Å². The SMILES string of the molecule is O=S(=O)(c1cccs1)N(Cc1ccsc1)Cc1ccccn1. The summed E-state index contributed by atoms with van der Waals surface area (Å²) in [5.74, 6) is 0. The third kappa shape index (κ3) is 3.44. The Balaban J connectivity index is 1.92. The predicted octanol–water partition coefficient (Wildman–Crippen LogP) is 3.60. The van der Waals surface area contributed by atoms with Crippen molar-refractivity contribution in [3.8, 4) is 0 Å². The highest BCUT2D eigenvalue weighted by atomic mass is 32.2. The zero-order valence-corrected chi connectivity index (χ0v) is 14.1. The quantitative estimate of drug-likeness (QED) is 0.682. The lowest BCUT2D eigenvalue weighted by molar-refractivity contribution is 0.398. The first-order chi connectivity index (χ1) is 10.7. The van der Waals surface area contributed by atoms with Gasteiger partial charge in [-0.05, 0) is 46.0 Å². The molecule has 0 bridgehead atoms. The van der Waals surface area contributed by atoms with Gasteiger partial charge in [-0.3, -0.25) is 4.98 Å². The molecular weight excluding hydrogens is 336 g/mol. The van der Waals surface area contributed by atoms with Crippen molar-refractivity contribution >= 4 is 32.7 Å². The lowest BCUT2D eigenvalue weighted by atomic mass is 10.3. The fourth-order valence-electron chi connectivity index (χ4n) is 2.02.